The monoisotopic (exact) mass is 167 g/mol. The highest BCUT2D eigenvalue weighted by Crippen LogP contribution is 2.28. The van der Waals surface area contributed by atoms with Crippen LogP contribution in [0.25, 0.3) is 0 Å². The number of aryl methyl sites for hydroxylation is 1. The van der Waals surface area contributed by atoms with Gasteiger partial charge in [0.05, 0.1) is 0 Å². The third kappa shape index (κ3) is 1.33. The van der Waals surface area contributed by atoms with E-state index in [9.17, 15) is 0 Å². The molecular formula is C9H13NS. The molecule has 1 aromatic rings. The zero-order chi connectivity index (χ0) is 7.68. The average Bonchev–Trinajstić information content (AvgIpc) is 2.55. The molecule has 2 heteroatoms. The van der Waals surface area contributed by atoms with E-state index in [1.807, 2.05) is 11.3 Å². The second kappa shape index (κ2) is 2.95. The van der Waals surface area contributed by atoms with Crippen LogP contribution in [0.1, 0.15) is 29.3 Å². The van der Waals surface area contributed by atoms with Crippen LogP contribution >= 0.6 is 11.3 Å². The molecular weight excluding hydrogens is 154 g/mol. The molecule has 1 saturated heterocycles. The largest absolute Gasteiger partial charge is 0.310 e. The van der Waals surface area contributed by atoms with E-state index in [2.05, 4.69) is 23.7 Å². The molecule has 1 aliphatic heterocycles. The van der Waals surface area contributed by atoms with Crippen molar-refractivity contribution in [2.75, 3.05) is 6.54 Å². The van der Waals surface area contributed by atoms with Crippen molar-refractivity contribution in [3.05, 3.63) is 21.9 Å². The zero-order valence-electron chi connectivity index (χ0n) is 6.76. The van der Waals surface area contributed by atoms with Gasteiger partial charge in [-0.3, -0.25) is 0 Å². The maximum absolute atomic E-state index is 3.51. The Morgan fingerprint density at radius 1 is 1.64 bits per heavy atom. The Morgan fingerprint density at radius 3 is 3.09 bits per heavy atom. The van der Waals surface area contributed by atoms with Crippen LogP contribution in [-0.4, -0.2) is 6.54 Å². The fraction of sp³-hybridized carbons (Fsp3) is 0.556. The van der Waals surface area contributed by atoms with Crippen molar-refractivity contribution >= 4 is 11.3 Å². The standard InChI is InChI=1S/C9H13NS/c1-7-8(4-6-11-7)9-3-2-5-10-9/h4,6,9-10H,2-3,5H2,1H3. The first-order chi connectivity index (χ1) is 5.38. The Balaban J connectivity index is 2.21. The normalized spacial score (nSPS) is 24.3. The van der Waals surface area contributed by atoms with Crippen molar-refractivity contribution in [2.24, 2.45) is 0 Å². The fourth-order valence-electron chi connectivity index (χ4n) is 1.71. The highest BCUT2D eigenvalue weighted by Gasteiger charge is 2.17. The molecule has 0 aliphatic carbocycles. The summed E-state index contributed by atoms with van der Waals surface area (Å²) in [4.78, 5) is 1.48. The summed E-state index contributed by atoms with van der Waals surface area (Å²) in [6.45, 7) is 3.40. The first-order valence-electron chi connectivity index (χ1n) is 4.15. The third-order valence-electron chi connectivity index (χ3n) is 2.33. The Labute approximate surface area is 71.4 Å². The molecule has 11 heavy (non-hydrogen) atoms. The Kier molecular flexibility index (Phi) is 1.96. The van der Waals surface area contributed by atoms with Crippen molar-refractivity contribution in [3.8, 4) is 0 Å². The summed E-state index contributed by atoms with van der Waals surface area (Å²) < 4.78 is 0. The van der Waals surface area contributed by atoms with E-state index in [1.165, 1.54) is 29.8 Å². The van der Waals surface area contributed by atoms with Crippen LogP contribution in [0.5, 0.6) is 0 Å². The van der Waals surface area contributed by atoms with Crippen molar-refractivity contribution in [1.82, 2.24) is 5.32 Å². The van der Waals surface area contributed by atoms with E-state index < -0.39 is 0 Å². The molecule has 0 amide bonds. The molecule has 1 aromatic heterocycles. The van der Waals surface area contributed by atoms with Crippen molar-refractivity contribution in [3.63, 3.8) is 0 Å². The lowest BCUT2D eigenvalue weighted by Gasteiger charge is -2.08. The maximum Gasteiger partial charge on any atom is 0.0331 e. The van der Waals surface area contributed by atoms with Gasteiger partial charge in [-0.2, -0.15) is 0 Å². The minimum atomic E-state index is 0.654. The van der Waals surface area contributed by atoms with Crippen molar-refractivity contribution < 1.29 is 0 Å². The molecule has 1 nitrogen and oxygen atoms in total. The zero-order valence-corrected chi connectivity index (χ0v) is 7.58. The molecule has 1 atom stereocenters. The van der Waals surface area contributed by atoms with E-state index in [1.54, 1.807) is 0 Å². The molecule has 2 rings (SSSR count). The number of hydrogen-bond donors (Lipinski definition) is 1. The van der Waals surface area contributed by atoms with Crippen LogP contribution in [0.3, 0.4) is 0 Å². The first kappa shape index (κ1) is 7.32. The lowest BCUT2D eigenvalue weighted by Crippen LogP contribution is -2.12. The Hall–Kier alpha value is -0.340. The van der Waals surface area contributed by atoms with Gasteiger partial charge in [0.1, 0.15) is 0 Å². The topological polar surface area (TPSA) is 12.0 Å². The number of nitrogens with one attached hydrogen (secondary N) is 1. The van der Waals surface area contributed by atoms with Crippen LogP contribution in [0.4, 0.5) is 0 Å². The van der Waals surface area contributed by atoms with Gasteiger partial charge < -0.3 is 5.32 Å². The molecule has 0 aromatic carbocycles. The van der Waals surface area contributed by atoms with Crippen LogP contribution in [-0.2, 0) is 0 Å². The van der Waals surface area contributed by atoms with Crippen LogP contribution in [0, 0.1) is 6.92 Å². The maximum atomic E-state index is 3.51. The molecule has 0 bridgehead atoms. The summed E-state index contributed by atoms with van der Waals surface area (Å²) in [6, 6.07) is 2.91. The molecule has 1 aliphatic rings. The SMILES string of the molecule is Cc1sccc1C1CCCN1. The van der Waals surface area contributed by atoms with E-state index in [0.717, 1.165) is 0 Å². The molecule has 0 spiro atoms. The fourth-order valence-corrected chi connectivity index (χ4v) is 2.47. The van der Waals surface area contributed by atoms with Crippen molar-refractivity contribution in [2.45, 2.75) is 25.8 Å². The summed E-state index contributed by atoms with van der Waals surface area (Å²) >= 11 is 1.85. The van der Waals surface area contributed by atoms with Gasteiger partial charge in [0.25, 0.3) is 0 Å². The number of hydrogen-bond acceptors (Lipinski definition) is 2. The quantitative estimate of drug-likeness (QED) is 0.677. The second-order valence-corrected chi connectivity index (χ2v) is 4.20. The van der Waals surface area contributed by atoms with Gasteiger partial charge in [-0.25, -0.2) is 0 Å². The lowest BCUT2D eigenvalue weighted by molar-refractivity contribution is 0.647. The van der Waals surface area contributed by atoms with Gasteiger partial charge >= 0.3 is 0 Å². The molecule has 1 unspecified atom stereocenters. The van der Waals surface area contributed by atoms with Gasteiger partial charge in [0.2, 0.25) is 0 Å². The Bertz CT molecular complexity index is 235. The summed E-state index contributed by atoms with van der Waals surface area (Å²) in [7, 11) is 0. The summed E-state index contributed by atoms with van der Waals surface area (Å²) in [6.07, 6.45) is 2.65. The predicted octanol–water partition coefficient (Wildman–Crippen LogP) is 2.48. The Morgan fingerprint density at radius 2 is 2.55 bits per heavy atom. The first-order valence-corrected chi connectivity index (χ1v) is 5.03. The average molecular weight is 167 g/mol. The lowest BCUT2D eigenvalue weighted by atomic mass is 10.1. The molecule has 0 radical (unpaired) electrons. The number of rotatable bonds is 1. The summed E-state index contributed by atoms with van der Waals surface area (Å²) in [5.74, 6) is 0. The molecule has 60 valence electrons. The summed E-state index contributed by atoms with van der Waals surface area (Å²) in [5, 5.41) is 5.69. The van der Waals surface area contributed by atoms with Crippen molar-refractivity contribution in [1.29, 1.82) is 0 Å². The molecule has 1 N–H and O–H groups in total. The molecule has 1 fully saturated rings. The van der Waals surface area contributed by atoms with Gasteiger partial charge in [0.15, 0.2) is 0 Å². The smallest absolute Gasteiger partial charge is 0.0331 e. The van der Waals surface area contributed by atoms with Gasteiger partial charge in [0, 0.05) is 10.9 Å². The van der Waals surface area contributed by atoms with E-state index in [0.29, 0.717) is 6.04 Å². The van der Waals surface area contributed by atoms with Crippen LogP contribution < -0.4 is 5.32 Å². The second-order valence-electron chi connectivity index (χ2n) is 3.08. The minimum Gasteiger partial charge on any atom is -0.310 e. The van der Waals surface area contributed by atoms with Gasteiger partial charge in [-0.1, -0.05) is 0 Å². The van der Waals surface area contributed by atoms with Gasteiger partial charge in [-0.15, -0.1) is 11.3 Å². The predicted molar refractivity (Wildman–Crippen MR) is 49.0 cm³/mol. The van der Waals surface area contributed by atoms with Crippen LogP contribution in [0.2, 0.25) is 0 Å². The van der Waals surface area contributed by atoms with E-state index in [4.69, 9.17) is 0 Å². The highest BCUT2D eigenvalue weighted by atomic mass is 32.1. The highest BCUT2D eigenvalue weighted by molar-refractivity contribution is 7.10. The molecule has 2 heterocycles. The molecule has 0 saturated carbocycles. The van der Waals surface area contributed by atoms with E-state index in [-0.39, 0.29) is 0 Å². The van der Waals surface area contributed by atoms with Crippen LogP contribution in [0.15, 0.2) is 11.4 Å². The summed E-state index contributed by atoms with van der Waals surface area (Å²) in [5.41, 5.74) is 1.52. The van der Waals surface area contributed by atoms with E-state index >= 15 is 0 Å². The van der Waals surface area contributed by atoms with Gasteiger partial charge in [-0.05, 0) is 43.3 Å². The number of thiophene rings is 1. The third-order valence-corrected chi connectivity index (χ3v) is 3.20. The minimum absolute atomic E-state index is 0.654.